The van der Waals surface area contributed by atoms with Crippen LogP contribution in [0.3, 0.4) is 0 Å². The van der Waals surface area contributed by atoms with Gasteiger partial charge in [-0.2, -0.15) is 5.26 Å². The molecule has 6 aliphatic carbocycles. The van der Waals surface area contributed by atoms with Gasteiger partial charge in [-0.1, -0.05) is 12.8 Å². The Bertz CT molecular complexity index is 722. The molecule has 9 unspecified atom stereocenters. The predicted octanol–water partition coefficient (Wildman–Crippen LogP) is 5.40. The lowest BCUT2D eigenvalue weighted by Gasteiger charge is -2.55. The minimum atomic E-state index is -0.469. The molecule has 6 aliphatic rings. The average molecular weight is 368 g/mol. The van der Waals surface area contributed by atoms with Crippen LogP contribution in [0.2, 0.25) is 0 Å². The smallest absolute Gasteiger partial charge is 0.309 e. The minimum Gasteiger partial charge on any atom is -0.481 e. The molecule has 146 valence electrons. The Hall–Kier alpha value is -1.04. The number of hydrogen-bond donors (Lipinski definition) is 1. The Balaban J connectivity index is 1.41. The SMILES string of the molecule is N#CC1CC2CC3CC(C45CC6CCCC(C(=O)O)(C4)C(C6)C5)(C2)CC3C1. The molecule has 9 atom stereocenters. The topological polar surface area (TPSA) is 61.1 Å². The molecule has 3 nitrogen and oxygen atoms in total. The van der Waals surface area contributed by atoms with Crippen molar-refractivity contribution in [3.05, 3.63) is 0 Å². The van der Waals surface area contributed by atoms with E-state index in [1.807, 2.05) is 0 Å². The predicted molar refractivity (Wildman–Crippen MR) is 102 cm³/mol. The third-order valence-electron chi connectivity index (χ3n) is 10.8. The third kappa shape index (κ3) is 2.06. The van der Waals surface area contributed by atoms with Gasteiger partial charge in [0, 0.05) is 5.92 Å². The number of nitrogens with zero attached hydrogens (tertiary/aromatic N) is 1. The number of hydrogen-bond acceptors (Lipinski definition) is 2. The van der Waals surface area contributed by atoms with E-state index in [1.54, 1.807) is 0 Å². The number of rotatable bonds is 2. The second kappa shape index (κ2) is 5.31. The summed E-state index contributed by atoms with van der Waals surface area (Å²) < 4.78 is 0. The van der Waals surface area contributed by atoms with Crippen LogP contribution in [0.4, 0.5) is 0 Å². The molecular weight excluding hydrogens is 334 g/mol. The molecule has 1 N–H and O–H groups in total. The molecular formula is C24H33NO2. The molecule has 6 rings (SSSR count). The fourth-order valence-corrected chi connectivity index (χ4v) is 10.2. The highest BCUT2D eigenvalue weighted by atomic mass is 16.4. The fourth-order valence-electron chi connectivity index (χ4n) is 10.2. The van der Waals surface area contributed by atoms with Gasteiger partial charge in [0.15, 0.2) is 0 Å². The van der Waals surface area contributed by atoms with E-state index in [2.05, 4.69) is 6.07 Å². The van der Waals surface area contributed by atoms with Crippen molar-refractivity contribution in [1.82, 2.24) is 0 Å². The summed E-state index contributed by atoms with van der Waals surface area (Å²) in [7, 11) is 0. The zero-order valence-electron chi connectivity index (χ0n) is 16.5. The van der Waals surface area contributed by atoms with E-state index in [0.29, 0.717) is 16.7 Å². The maximum atomic E-state index is 12.5. The van der Waals surface area contributed by atoms with Crippen molar-refractivity contribution in [3.8, 4) is 6.07 Å². The van der Waals surface area contributed by atoms with E-state index in [-0.39, 0.29) is 5.92 Å². The van der Waals surface area contributed by atoms with Crippen LogP contribution in [0.15, 0.2) is 0 Å². The number of carboxylic acids is 1. The van der Waals surface area contributed by atoms with Crippen LogP contribution in [0, 0.1) is 63.1 Å². The maximum absolute atomic E-state index is 12.5. The first kappa shape index (κ1) is 16.9. The molecule has 0 aromatic rings. The first-order valence-corrected chi connectivity index (χ1v) is 11.6. The summed E-state index contributed by atoms with van der Waals surface area (Å²) in [5, 5.41) is 19.9. The van der Waals surface area contributed by atoms with Gasteiger partial charge in [-0.25, -0.2) is 0 Å². The van der Waals surface area contributed by atoms with Crippen LogP contribution in [-0.4, -0.2) is 11.1 Å². The first-order chi connectivity index (χ1) is 13.0. The Morgan fingerprint density at radius 2 is 1.70 bits per heavy atom. The largest absolute Gasteiger partial charge is 0.481 e. The Morgan fingerprint density at radius 3 is 2.48 bits per heavy atom. The highest BCUT2D eigenvalue weighted by molar-refractivity contribution is 5.76. The molecule has 0 amide bonds. The van der Waals surface area contributed by atoms with Crippen LogP contribution in [0.25, 0.3) is 0 Å². The van der Waals surface area contributed by atoms with E-state index >= 15 is 0 Å². The summed E-state index contributed by atoms with van der Waals surface area (Å²) in [6.07, 6.45) is 15.7. The summed E-state index contributed by atoms with van der Waals surface area (Å²) in [4.78, 5) is 12.5. The molecule has 0 saturated heterocycles. The number of fused-ring (bicyclic) bond motifs is 5. The Labute approximate surface area is 162 Å². The zero-order valence-corrected chi connectivity index (χ0v) is 16.5. The second-order valence-electron chi connectivity index (χ2n) is 11.8. The highest BCUT2D eigenvalue weighted by Gasteiger charge is 2.70. The summed E-state index contributed by atoms with van der Waals surface area (Å²) in [6, 6.07) is 2.61. The van der Waals surface area contributed by atoms with Crippen LogP contribution < -0.4 is 0 Å². The molecule has 3 heteroatoms. The number of carbonyl (C=O) groups is 1. The molecule has 0 radical (unpaired) electrons. The molecule has 0 spiro atoms. The van der Waals surface area contributed by atoms with Crippen molar-refractivity contribution >= 4 is 5.97 Å². The van der Waals surface area contributed by atoms with E-state index in [1.165, 1.54) is 51.4 Å². The normalized spacial score (nSPS) is 57.9. The van der Waals surface area contributed by atoms with Crippen molar-refractivity contribution in [2.24, 2.45) is 51.8 Å². The van der Waals surface area contributed by atoms with Gasteiger partial charge in [-0.15, -0.1) is 0 Å². The lowest BCUT2D eigenvalue weighted by molar-refractivity contribution is -0.152. The lowest BCUT2D eigenvalue weighted by atomic mass is 9.50. The molecule has 27 heavy (non-hydrogen) atoms. The number of carboxylic acid groups (broad SMARTS) is 1. The lowest BCUT2D eigenvalue weighted by Crippen LogP contribution is -2.46. The molecule has 6 bridgehead atoms. The van der Waals surface area contributed by atoms with Gasteiger partial charge in [0.2, 0.25) is 0 Å². The number of aliphatic carboxylic acids is 1. The van der Waals surface area contributed by atoms with Crippen LogP contribution >= 0.6 is 0 Å². The second-order valence-corrected chi connectivity index (χ2v) is 11.8. The molecule has 6 fully saturated rings. The zero-order chi connectivity index (χ0) is 18.4. The van der Waals surface area contributed by atoms with E-state index in [0.717, 1.165) is 55.8 Å². The number of nitriles is 1. The molecule has 0 heterocycles. The molecule has 6 saturated carbocycles. The first-order valence-electron chi connectivity index (χ1n) is 11.6. The van der Waals surface area contributed by atoms with Crippen molar-refractivity contribution < 1.29 is 9.90 Å². The van der Waals surface area contributed by atoms with Gasteiger partial charge in [0.25, 0.3) is 0 Å². The van der Waals surface area contributed by atoms with Gasteiger partial charge in [0.05, 0.1) is 11.5 Å². The van der Waals surface area contributed by atoms with E-state index in [9.17, 15) is 15.2 Å². The minimum absolute atomic E-state index is 0.283. The Kier molecular flexibility index (Phi) is 3.32. The van der Waals surface area contributed by atoms with Gasteiger partial charge in [0.1, 0.15) is 0 Å². The van der Waals surface area contributed by atoms with Crippen LogP contribution in [-0.2, 0) is 4.79 Å². The van der Waals surface area contributed by atoms with Gasteiger partial charge >= 0.3 is 5.97 Å². The summed E-state index contributed by atoms with van der Waals surface area (Å²) in [5.74, 6) is 3.36. The van der Waals surface area contributed by atoms with Gasteiger partial charge in [-0.05, 0) is 111 Å². The average Bonchev–Trinajstić information content (AvgIpc) is 2.91. The highest BCUT2D eigenvalue weighted by Crippen LogP contribution is 2.77. The van der Waals surface area contributed by atoms with E-state index < -0.39 is 11.4 Å². The fraction of sp³-hybridized carbons (Fsp3) is 0.917. The summed E-state index contributed by atoms with van der Waals surface area (Å²) >= 11 is 0. The van der Waals surface area contributed by atoms with E-state index in [4.69, 9.17) is 0 Å². The third-order valence-corrected chi connectivity index (χ3v) is 10.8. The van der Waals surface area contributed by atoms with Gasteiger partial charge in [-0.3, -0.25) is 4.79 Å². The maximum Gasteiger partial charge on any atom is 0.309 e. The quantitative estimate of drug-likeness (QED) is 0.710. The van der Waals surface area contributed by atoms with Crippen molar-refractivity contribution in [3.63, 3.8) is 0 Å². The van der Waals surface area contributed by atoms with Crippen LogP contribution in [0.1, 0.15) is 83.5 Å². The molecule has 0 aromatic carbocycles. The Morgan fingerprint density at radius 1 is 0.926 bits per heavy atom. The monoisotopic (exact) mass is 367 g/mol. The van der Waals surface area contributed by atoms with Crippen molar-refractivity contribution in [2.45, 2.75) is 83.5 Å². The standard InChI is InChI=1S/C24H33NO2/c25-13-17-4-16-5-18-10-22(9-16,11-19(18)6-17)23-8-15-2-1-3-24(14-23,21(26)27)20(7-15)12-23/h15-20H,1-12,14H2,(H,26,27). The van der Waals surface area contributed by atoms with Crippen molar-refractivity contribution in [2.75, 3.05) is 0 Å². The van der Waals surface area contributed by atoms with Gasteiger partial charge < -0.3 is 5.11 Å². The summed E-state index contributed by atoms with van der Waals surface area (Å²) in [5.41, 5.74) is 0.321. The molecule has 0 aromatic heterocycles. The van der Waals surface area contributed by atoms with Crippen molar-refractivity contribution in [1.29, 1.82) is 5.26 Å². The molecule has 0 aliphatic heterocycles. The van der Waals surface area contributed by atoms with Crippen LogP contribution in [0.5, 0.6) is 0 Å². The summed E-state index contributed by atoms with van der Waals surface area (Å²) in [6.45, 7) is 0.